The predicted molar refractivity (Wildman–Crippen MR) is 92.7 cm³/mol. The van der Waals surface area contributed by atoms with E-state index in [4.69, 9.17) is 0 Å². The molecule has 0 radical (unpaired) electrons. The predicted octanol–water partition coefficient (Wildman–Crippen LogP) is 4.45. The standard InChI is InChI=1S/C19H38N2/c1-5-14-21(15-17-9-7-13-20-17)18-10-6-8-16(11-12-18)19(2,3)4/h16-18,20H,5-15H2,1-4H3. The fraction of sp³-hybridized carbons (Fsp3) is 1.00. The summed E-state index contributed by atoms with van der Waals surface area (Å²) in [7, 11) is 0. The van der Waals surface area contributed by atoms with Crippen LogP contribution >= 0.6 is 0 Å². The average molecular weight is 295 g/mol. The molecule has 2 heteroatoms. The molecule has 1 aliphatic heterocycles. The van der Waals surface area contributed by atoms with Crippen molar-refractivity contribution in [3.05, 3.63) is 0 Å². The Labute approximate surface area is 133 Å². The second kappa shape index (κ2) is 7.97. The fourth-order valence-corrected chi connectivity index (χ4v) is 4.42. The monoisotopic (exact) mass is 294 g/mol. The van der Waals surface area contributed by atoms with E-state index >= 15 is 0 Å². The fourth-order valence-electron chi connectivity index (χ4n) is 4.42. The first kappa shape index (κ1) is 17.3. The molecule has 2 fully saturated rings. The van der Waals surface area contributed by atoms with E-state index in [0.717, 1.165) is 18.0 Å². The van der Waals surface area contributed by atoms with Crippen molar-refractivity contribution in [1.29, 1.82) is 0 Å². The average Bonchev–Trinajstić information content (AvgIpc) is 2.78. The molecular formula is C19H38N2. The van der Waals surface area contributed by atoms with Gasteiger partial charge in [0.2, 0.25) is 0 Å². The zero-order valence-corrected chi connectivity index (χ0v) is 15.0. The van der Waals surface area contributed by atoms with Crippen molar-refractivity contribution in [1.82, 2.24) is 10.2 Å². The summed E-state index contributed by atoms with van der Waals surface area (Å²) in [6.45, 7) is 13.5. The van der Waals surface area contributed by atoms with Gasteiger partial charge in [0.25, 0.3) is 0 Å². The Morgan fingerprint density at radius 3 is 2.43 bits per heavy atom. The third-order valence-electron chi connectivity index (χ3n) is 5.81. The molecule has 21 heavy (non-hydrogen) atoms. The van der Waals surface area contributed by atoms with Crippen molar-refractivity contribution < 1.29 is 0 Å². The molecule has 0 bridgehead atoms. The second-order valence-corrected chi connectivity index (χ2v) is 8.51. The SMILES string of the molecule is CCCN(CC1CCCN1)C1CCCC(C(C)(C)C)CC1. The Balaban J connectivity index is 1.90. The van der Waals surface area contributed by atoms with Crippen LogP contribution in [0.2, 0.25) is 0 Å². The quantitative estimate of drug-likeness (QED) is 0.754. The van der Waals surface area contributed by atoms with Gasteiger partial charge < -0.3 is 5.32 Å². The van der Waals surface area contributed by atoms with E-state index in [0.29, 0.717) is 5.41 Å². The summed E-state index contributed by atoms with van der Waals surface area (Å²) >= 11 is 0. The summed E-state index contributed by atoms with van der Waals surface area (Å²) < 4.78 is 0. The van der Waals surface area contributed by atoms with Gasteiger partial charge >= 0.3 is 0 Å². The smallest absolute Gasteiger partial charge is 0.0195 e. The molecule has 1 aliphatic carbocycles. The van der Waals surface area contributed by atoms with Crippen LogP contribution in [0.5, 0.6) is 0 Å². The Hall–Kier alpha value is -0.0800. The summed E-state index contributed by atoms with van der Waals surface area (Å²) in [5, 5.41) is 3.69. The minimum atomic E-state index is 0.498. The molecule has 0 aromatic carbocycles. The number of hydrogen-bond donors (Lipinski definition) is 1. The van der Waals surface area contributed by atoms with Gasteiger partial charge in [-0.3, -0.25) is 4.90 Å². The van der Waals surface area contributed by atoms with Crippen LogP contribution in [0.25, 0.3) is 0 Å². The summed E-state index contributed by atoms with van der Waals surface area (Å²) in [5.74, 6) is 0.926. The molecule has 2 rings (SSSR count). The van der Waals surface area contributed by atoms with Crippen LogP contribution in [0.3, 0.4) is 0 Å². The first-order valence-corrected chi connectivity index (χ1v) is 9.48. The van der Waals surface area contributed by atoms with Crippen LogP contribution < -0.4 is 5.32 Å². The van der Waals surface area contributed by atoms with Gasteiger partial charge in [-0.2, -0.15) is 0 Å². The van der Waals surface area contributed by atoms with Crippen molar-refractivity contribution in [3.63, 3.8) is 0 Å². The van der Waals surface area contributed by atoms with Crippen molar-refractivity contribution in [2.24, 2.45) is 11.3 Å². The van der Waals surface area contributed by atoms with Crippen LogP contribution in [-0.4, -0.2) is 36.6 Å². The molecule has 3 unspecified atom stereocenters. The van der Waals surface area contributed by atoms with E-state index in [-0.39, 0.29) is 0 Å². The summed E-state index contributed by atoms with van der Waals surface area (Å²) in [6.07, 6.45) is 11.2. The van der Waals surface area contributed by atoms with Gasteiger partial charge in [0.05, 0.1) is 0 Å². The molecule has 3 atom stereocenters. The molecule has 2 aliphatic rings. The lowest BCUT2D eigenvalue weighted by atomic mass is 9.76. The molecule has 124 valence electrons. The van der Waals surface area contributed by atoms with E-state index in [9.17, 15) is 0 Å². The highest BCUT2D eigenvalue weighted by molar-refractivity contribution is 4.85. The van der Waals surface area contributed by atoms with Crippen molar-refractivity contribution in [2.45, 2.75) is 91.1 Å². The van der Waals surface area contributed by atoms with Crippen LogP contribution in [0.1, 0.15) is 79.1 Å². The summed E-state index contributed by atoms with van der Waals surface area (Å²) in [5.41, 5.74) is 0.498. The Bertz CT molecular complexity index is 288. The number of nitrogens with zero attached hydrogens (tertiary/aromatic N) is 1. The van der Waals surface area contributed by atoms with Crippen LogP contribution in [0, 0.1) is 11.3 Å². The van der Waals surface area contributed by atoms with E-state index in [1.54, 1.807) is 0 Å². The van der Waals surface area contributed by atoms with Gasteiger partial charge in [0.1, 0.15) is 0 Å². The lowest BCUT2D eigenvalue weighted by molar-refractivity contribution is 0.157. The van der Waals surface area contributed by atoms with E-state index in [2.05, 4.69) is 37.9 Å². The van der Waals surface area contributed by atoms with Crippen LogP contribution in [0.4, 0.5) is 0 Å². The van der Waals surface area contributed by atoms with E-state index in [1.807, 2.05) is 0 Å². The first-order chi connectivity index (χ1) is 10.0. The highest BCUT2D eigenvalue weighted by Crippen LogP contribution is 2.37. The molecule has 1 heterocycles. The summed E-state index contributed by atoms with van der Waals surface area (Å²) in [6, 6.07) is 1.61. The minimum Gasteiger partial charge on any atom is -0.313 e. The van der Waals surface area contributed by atoms with Gasteiger partial charge in [0, 0.05) is 18.6 Å². The Morgan fingerprint density at radius 2 is 1.81 bits per heavy atom. The molecular weight excluding hydrogens is 256 g/mol. The molecule has 0 amide bonds. The maximum absolute atomic E-state index is 3.69. The largest absolute Gasteiger partial charge is 0.313 e. The Morgan fingerprint density at radius 1 is 1.00 bits per heavy atom. The van der Waals surface area contributed by atoms with Gasteiger partial charge in [-0.1, -0.05) is 34.1 Å². The van der Waals surface area contributed by atoms with Gasteiger partial charge in [-0.25, -0.2) is 0 Å². The lowest BCUT2D eigenvalue weighted by Crippen LogP contribution is -2.43. The second-order valence-electron chi connectivity index (χ2n) is 8.51. The van der Waals surface area contributed by atoms with Crippen molar-refractivity contribution in [2.75, 3.05) is 19.6 Å². The van der Waals surface area contributed by atoms with Crippen molar-refractivity contribution in [3.8, 4) is 0 Å². The normalized spacial score (nSPS) is 31.6. The van der Waals surface area contributed by atoms with Gasteiger partial charge in [-0.05, 0) is 69.4 Å². The number of hydrogen-bond acceptors (Lipinski definition) is 2. The molecule has 1 saturated carbocycles. The zero-order valence-electron chi connectivity index (χ0n) is 15.0. The van der Waals surface area contributed by atoms with E-state index in [1.165, 1.54) is 71.0 Å². The van der Waals surface area contributed by atoms with Gasteiger partial charge in [-0.15, -0.1) is 0 Å². The van der Waals surface area contributed by atoms with Gasteiger partial charge in [0.15, 0.2) is 0 Å². The highest BCUT2D eigenvalue weighted by atomic mass is 15.2. The van der Waals surface area contributed by atoms with Crippen LogP contribution in [-0.2, 0) is 0 Å². The molecule has 0 spiro atoms. The topological polar surface area (TPSA) is 15.3 Å². The number of nitrogens with one attached hydrogen (secondary N) is 1. The third kappa shape index (κ3) is 5.25. The van der Waals surface area contributed by atoms with Crippen LogP contribution in [0.15, 0.2) is 0 Å². The maximum atomic E-state index is 3.69. The number of rotatable bonds is 5. The third-order valence-corrected chi connectivity index (χ3v) is 5.81. The maximum Gasteiger partial charge on any atom is 0.0195 e. The molecule has 1 N–H and O–H groups in total. The van der Waals surface area contributed by atoms with E-state index < -0.39 is 0 Å². The molecule has 2 nitrogen and oxygen atoms in total. The minimum absolute atomic E-state index is 0.498. The lowest BCUT2D eigenvalue weighted by Gasteiger charge is -2.34. The molecule has 1 saturated heterocycles. The zero-order chi connectivity index (χ0) is 15.3. The highest BCUT2D eigenvalue weighted by Gasteiger charge is 2.30. The first-order valence-electron chi connectivity index (χ1n) is 9.48. The van der Waals surface area contributed by atoms with Crippen molar-refractivity contribution >= 4 is 0 Å². The Kier molecular flexibility index (Phi) is 6.55. The summed E-state index contributed by atoms with van der Waals surface area (Å²) in [4.78, 5) is 2.83. The molecule has 0 aromatic rings. The molecule has 0 aromatic heterocycles.